The van der Waals surface area contributed by atoms with Gasteiger partial charge in [-0.05, 0) is 68.6 Å². The lowest BCUT2D eigenvalue weighted by atomic mass is 9.50. The Balaban J connectivity index is 1.58. The fourth-order valence-electron chi connectivity index (χ4n) is 5.50. The fraction of sp³-hybridized carbons (Fsp3) is 0.812. The van der Waals surface area contributed by atoms with E-state index in [1.54, 1.807) is 0 Å². The molecule has 1 atom stereocenters. The topological polar surface area (TPSA) is 43.8 Å². The van der Waals surface area contributed by atoms with Gasteiger partial charge in [-0.25, -0.2) is 0 Å². The number of rotatable bonds is 3. The van der Waals surface area contributed by atoms with Gasteiger partial charge in [0, 0.05) is 24.3 Å². The van der Waals surface area contributed by atoms with E-state index in [4.69, 9.17) is 5.73 Å². The maximum atomic E-state index is 6.63. The van der Waals surface area contributed by atoms with E-state index in [0.29, 0.717) is 0 Å². The first-order valence-electron chi connectivity index (χ1n) is 8.02. The van der Waals surface area contributed by atoms with Crippen LogP contribution < -0.4 is 5.73 Å². The molecule has 19 heavy (non-hydrogen) atoms. The molecule has 4 aliphatic carbocycles. The summed E-state index contributed by atoms with van der Waals surface area (Å²) >= 11 is 0. The van der Waals surface area contributed by atoms with Crippen LogP contribution in [0.4, 0.5) is 0 Å². The number of hydrogen-bond acceptors (Lipinski definition) is 2. The zero-order chi connectivity index (χ0) is 13.0. The number of aryl methyl sites for hydroxylation is 1. The Kier molecular flexibility index (Phi) is 2.73. The highest BCUT2D eigenvalue weighted by molar-refractivity contribution is 5.14. The summed E-state index contributed by atoms with van der Waals surface area (Å²) < 4.78 is 2.01. The van der Waals surface area contributed by atoms with Gasteiger partial charge < -0.3 is 5.73 Å². The molecule has 3 heteroatoms. The molecule has 0 aliphatic heterocycles. The van der Waals surface area contributed by atoms with Gasteiger partial charge in [0.05, 0.1) is 6.20 Å². The predicted molar refractivity (Wildman–Crippen MR) is 75.4 cm³/mol. The molecule has 1 heterocycles. The van der Waals surface area contributed by atoms with E-state index >= 15 is 0 Å². The zero-order valence-electron chi connectivity index (χ0n) is 11.8. The lowest BCUT2D eigenvalue weighted by molar-refractivity contribution is -0.0471. The molecule has 4 saturated carbocycles. The Morgan fingerprint density at radius 3 is 2.37 bits per heavy atom. The fourth-order valence-corrected chi connectivity index (χ4v) is 5.50. The van der Waals surface area contributed by atoms with E-state index in [2.05, 4.69) is 18.2 Å². The second-order valence-corrected chi connectivity index (χ2v) is 7.16. The Labute approximate surface area is 115 Å². The molecule has 0 aromatic carbocycles. The first-order valence-corrected chi connectivity index (χ1v) is 8.02. The van der Waals surface area contributed by atoms with Gasteiger partial charge in [0.25, 0.3) is 0 Å². The summed E-state index contributed by atoms with van der Waals surface area (Å²) in [6, 6.07) is 0.218. The molecule has 0 spiro atoms. The van der Waals surface area contributed by atoms with E-state index in [-0.39, 0.29) is 6.04 Å². The number of nitrogens with zero attached hydrogens (tertiary/aromatic N) is 2. The molecule has 0 radical (unpaired) electrons. The summed E-state index contributed by atoms with van der Waals surface area (Å²) in [5, 5.41) is 4.40. The third kappa shape index (κ3) is 1.85. The second-order valence-electron chi connectivity index (χ2n) is 7.16. The summed E-state index contributed by atoms with van der Waals surface area (Å²) in [5.74, 6) is 4.59. The van der Waals surface area contributed by atoms with E-state index < -0.39 is 0 Å². The molecule has 1 aromatic rings. The number of hydrogen-bond donors (Lipinski definition) is 1. The summed E-state index contributed by atoms with van der Waals surface area (Å²) in [6.45, 7) is 3.07. The van der Waals surface area contributed by atoms with E-state index in [1.165, 1.54) is 37.7 Å². The highest BCUT2D eigenvalue weighted by Crippen LogP contribution is 2.58. The third-order valence-electron chi connectivity index (χ3n) is 6.08. The van der Waals surface area contributed by atoms with Crippen molar-refractivity contribution in [1.82, 2.24) is 9.78 Å². The van der Waals surface area contributed by atoms with Crippen LogP contribution in [0.3, 0.4) is 0 Å². The zero-order valence-corrected chi connectivity index (χ0v) is 11.8. The van der Waals surface area contributed by atoms with E-state index in [9.17, 15) is 0 Å². The lowest BCUT2D eigenvalue weighted by Crippen LogP contribution is -2.48. The van der Waals surface area contributed by atoms with Crippen molar-refractivity contribution in [2.24, 2.45) is 35.3 Å². The van der Waals surface area contributed by atoms with Crippen molar-refractivity contribution < 1.29 is 0 Å². The van der Waals surface area contributed by atoms with Gasteiger partial charge in [0.15, 0.2) is 0 Å². The minimum absolute atomic E-state index is 0.218. The van der Waals surface area contributed by atoms with Crippen LogP contribution in [0, 0.1) is 29.6 Å². The van der Waals surface area contributed by atoms with Gasteiger partial charge in [-0.2, -0.15) is 5.10 Å². The summed E-state index contributed by atoms with van der Waals surface area (Å²) in [7, 11) is 0. The van der Waals surface area contributed by atoms with Crippen molar-refractivity contribution >= 4 is 0 Å². The van der Waals surface area contributed by atoms with Crippen LogP contribution in [0.15, 0.2) is 12.4 Å². The first-order chi connectivity index (χ1) is 9.24. The van der Waals surface area contributed by atoms with Crippen molar-refractivity contribution in [1.29, 1.82) is 0 Å². The van der Waals surface area contributed by atoms with Crippen LogP contribution in [-0.2, 0) is 6.54 Å². The quantitative estimate of drug-likeness (QED) is 0.907. The Bertz CT molecular complexity index is 436. The maximum absolute atomic E-state index is 6.63. The predicted octanol–water partition coefficient (Wildman–Crippen LogP) is 2.98. The second kappa shape index (κ2) is 4.34. The molecular weight excluding hydrogens is 234 g/mol. The van der Waals surface area contributed by atoms with Crippen LogP contribution in [0.5, 0.6) is 0 Å². The first kappa shape index (κ1) is 12.0. The van der Waals surface area contributed by atoms with Crippen LogP contribution in [0.2, 0.25) is 0 Å². The molecule has 0 saturated heterocycles. The van der Waals surface area contributed by atoms with E-state index in [0.717, 1.165) is 36.1 Å². The van der Waals surface area contributed by atoms with Gasteiger partial charge in [0.1, 0.15) is 0 Å². The van der Waals surface area contributed by atoms with Gasteiger partial charge >= 0.3 is 0 Å². The van der Waals surface area contributed by atoms with Crippen molar-refractivity contribution in [3.63, 3.8) is 0 Å². The Hall–Kier alpha value is -0.830. The smallest absolute Gasteiger partial charge is 0.0537 e. The summed E-state index contributed by atoms with van der Waals surface area (Å²) in [4.78, 5) is 0. The SMILES string of the molecule is CCn1cc(C(N)C2C3CC4CC(C3)CC2C4)cn1. The highest BCUT2D eigenvalue weighted by atomic mass is 15.3. The van der Waals surface area contributed by atoms with Crippen molar-refractivity contribution in [2.75, 3.05) is 0 Å². The lowest BCUT2D eigenvalue weighted by Gasteiger charge is -2.56. The molecule has 2 N–H and O–H groups in total. The van der Waals surface area contributed by atoms with Crippen molar-refractivity contribution in [3.8, 4) is 0 Å². The largest absolute Gasteiger partial charge is 0.324 e. The molecular formula is C16H25N3. The molecule has 104 valence electrons. The molecule has 4 bridgehead atoms. The maximum Gasteiger partial charge on any atom is 0.0537 e. The average Bonchev–Trinajstić information content (AvgIpc) is 2.86. The third-order valence-corrected chi connectivity index (χ3v) is 6.08. The highest BCUT2D eigenvalue weighted by Gasteiger charge is 2.50. The normalized spacial score (nSPS) is 41.7. The van der Waals surface area contributed by atoms with Crippen LogP contribution in [0.25, 0.3) is 0 Å². The molecule has 1 aromatic heterocycles. The van der Waals surface area contributed by atoms with Gasteiger partial charge in [0.2, 0.25) is 0 Å². The summed E-state index contributed by atoms with van der Waals surface area (Å²) in [5.41, 5.74) is 7.90. The standard InChI is InChI=1S/C16H25N3/c1-2-19-9-14(8-18-19)16(17)15-12-4-10-3-11(6-12)7-13(15)5-10/h8-13,15-16H,2-7,17H2,1H3. The van der Waals surface area contributed by atoms with Crippen LogP contribution in [0.1, 0.15) is 50.6 Å². The molecule has 3 nitrogen and oxygen atoms in total. The minimum atomic E-state index is 0.218. The van der Waals surface area contributed by atoms with Gasteiger partial charge in [-0.15, -0.1) is 0 Å². The number of nitrogens with two attached hydrogens (primary N) is 1. The molecule has 1 unspecified atom stereocenters. The van der Waals surface area contributed by atoms with E-state index in [1.807, 2.05) is 10.9 Å². The van der Waals surface area contributed by atoms with Gasteiger partial charge in [-0.1, -0.05) is 0 Å². The number of aromatic nitrogens is 2. The Morgan fingerprint density at radius 1 is 1.21 bits per heavy atom. The monoisotopic (exact) mass is 259 g/mol. The Morgan fingerprint density at radius 2 is 1.84 bits per heavy atom. The van der Waals surface area contributed by atoms with Crippen molar-refractivity contribution in [2.45, 2.75) is 51.6 Å². The van der Waals surface area contributed by atoms with Crippen molar-refractivity contribution in [3.05, 3.63) is 18.0 Å². The molecule has 5 rings (SSSR count). The van der Waals surface area contributed by atoms with Crippen LogP contribution in [-0.4, -0.2) is 9.78 Å². The molecule has 4 aliphatic rings. The van der Waals surface area contributed by atoms with Crippen LogP contribution >= 0.6 is 0 Å². The molecule has 4 fully saturated rings. The summed E-state index contributed by atoms with van der Waals surface area (Å²) in [6.07, 6.45) is 11.5. The average molecular weight is 259 g/mol. The minimum Gasteiger partial charge on any atom is -0.324 e. The van der Waals surface area contributed by atoms with Gasteiger partial charge in [-0.3, -0.25) is 4.68 Å². The molecule has 0 amide bonds.